The predicted molar refractivity (Wildman–Crippen MR) is 91.3 cm³/mol. The molecule has 4 nitrogen and oxygen atoms in total. The summed E-state index contributed by atoms with van der Waals surface area (Å²) in [5.41, 5.74) is 5.87. The maximum atomic E-state index is 13.6. The molecule has 25 heavy (non-hydrogen) atoms. The van der Waals surface area contributed by atoms with Crippen LogP contribution in [-0.2, 0) is 16.0 Å². The average Bonchev–Trinajstić information content (AvgIpc) is 2.58. The number of rotatable bonds is 7. The molecule has 0 heterocycles. The fraction of sp³-hybridized carbons (Fsp3) is 0.158. The van der Waals surface area contributed by atoms with Crippen molar-refractivity contribution < 1.29 is 18.4 Å². The zero-order valence-corrected chi connectivity index (χ0v) is 13.4. The van der Waals surface area contributed by atoms with Crippen molar-refractivity contribution >= 4 is 17.9 Å². The standard InChI is InChI=1S/C19H18F2N2O2/c20-15-9-5-10-16(21)14(15)12-18(24)23-17(19(22)25)11-4-8-13-6-2-1-3-7-13/h1-10,17H,11-12H2,(H2,22,25)(H,23,24)/b8-4+/t17-/m0/s1. The number of hydrogen-bond donors (Lipinski definition) is 2. The Morgan fingerprint density at radius 1 is 1.04 bits per heavy atom. The minimum absolute atomic E-state index is 0.176. The molecular weight excluding hydrogens is 326 g/mol. The van der Waals surface area contributed by atoms with Gasteiger partial charge in [-0.1, -0.05) is 48.6 Å². The van der Waals surface area contributed by atoms with Gasteiger partial charge in [-0.25, -0.2) is 8.78 Å². The van der Waals surface area contributed by atoms with Crippen LogP contribution in [0.15, 0.2) is 54.6 Å². The molecule has 3 N–H and O–H groups in total. The second kappa shape index (κ2) is 8.73. The monoisotopic (exact) mass is 344 g/mol. The van der Waals surface area contributed by atoms with E-state index in [1.54, 1.807) is 12.2 Å². The Bertz CT molecular complexity index is 756. The second-order valence-electron chi connectivity index (χ2n) is 5.45. The van der Waals surface area contributed by atoms with Crippen LogP contribution < -0.4 is 11.1 Å². The van der Waals surface area contributed by atoms with Crippen LogP contribution in [0.1, 0.15) is 17.5 Å². The fourth-order valence-electron chi connectivity index (χ4n) is 2.26. The molecular formula is C19H18F2N2O2. The first-order valence-corrected chi connectivity index (χ1v) is 7.70. The molecule has 0 aliphatic heterocycles. The van der Waals surface area contributed by atoms with Gasteiger partial charge in [0.05, 0.1) is 6.42 Å². The number of nitrogens with two attached hydrogens (primary N) is 1. The van der Waals surface area contributed by atoms with E-state index in [1.807, 2.05) is 30.3 Å². The molecule has 2 amide bonds. The molecule has 0 saturated heterocycles. The summed E-state index contributed by atoms with van der Waals surface area (Å²) in [6.07, 6.45) is 3.16. The second-order valence-corrected chi connectivity index (χ2v) is 5.45. The summed E-state index contributed by atoms with van der Waals surface area (Å²) in [6.45, 7) is 0. The zero-order chi connectivity index (χ0) is 18.2. The summed E-state index contributed by atoms with van der Waals surface area (Å²) >= 11 is 0. The van der Waals surface area contributed by atoms with E-state index in [-0.39, 0.29) is 12.0 Å². The van der Waals surface area contributed by atoms with Crippen LogP contribution in [0.2, 0.25) is 0 Å². The van der Waals surface area contributed by atoms with Gasteiger partial charge in [-0.3, -0.25) is 9.59 Å². The topological polar surface area (TPSA) is 72.2 Å². The molecule has 0 unspecified atom stereocenters. The van der Waals surface area contributed by atoms with Gasteiger partial charge in [0, 0.05) is 5.56 Å². The van der Waals surface area contributed by atoms with Crippen molar-refractivity contribution in [2.75, 3.05) is 0 Å². The molecule has 0 saturated carbocycles. The van der Waals surface area contributed by atoms with Gasteiger partial charge in [0.25, 0.3) is 0 Å². The molecule has 2 aromatic rings. The Morgan fingerprint density at radius 2 is 1.68 bits per heavy atom. The molecule has 130 valence electrons. The molecule has 0 aromatic heterocycles. The summed E-state index contributed by atoms with van der Waals surface area (Å²) in [6, 6.07) is 11.8. The van der Waals surface area contributed by atoms with Crippen LogP contribution in [-0.4, -0.2) is 17.9 Å². The highest BCUT2D eigenvalue weighted by molar-refractivity contribution is 5.87. The van der Waals surface area contributed by atoms with Crippen LogP contribution >= 0.6 is 0 Å². The van der Waals surface area contributed by atoms with Crippen molar-refractivity contribution in [3.05, 3.63) is 77.4 Å². The highest BCUT2D eigenvalue weighted by atomic mass is 19.1. The summed E-state index contributed by atoms with van der Waals surface area (Å²) in [7, 11) is 0. The van der Waals surface area contributed by atoms with Gasteiger partial charge in [0.1, 0.15) is 17.7 Å². The largest absolute Gasteiger partial charge is 0.368 e. The van der Waals surface area contributed by atoms with Gasteiger partial charge in [-0.15, -0.1) is 0 Å². The van der Waals surface area contributed by atoms with Crippen molar-refractivity contribution in [2.24, 2.45) is 5.73 Å². The van der Waals surface area contributed by atoms with E-state index >= 15 is 0 Å². The summed E-state index contributed by atoms with van der Waals surface area (Å²) in [5, 5.41) is 2.41. The first-order chi connectivity index (χ1) is 12.0. The van der Waals surface area contributed by atoms with E-state index in [2.05, 4.69) is 5.32 Å². The number of carbonyl (C=O) groups is 2. The molecule has 0 aliphatic rings. The van der Waals surface area contributed by atoms with Crippen molar-refractivity contribution in [1.82, 2.24) is 5.32 Å². The Hall–Kier alpha value is -3.02. The third kappa shape index (κ3) is 5.53. The van der Waals surface area contributed by atoms with Gasteiger partial charge in [0.15, 0.2) is 0 Å². The first-order valence-electron chi connectivity index (χ1n) is 7.70. The van der Waals surface area contributed by atoms with Crippen LogP contribution in [0.5, 0.6) is 0 Å². The van der Waals surface area contributed by atoms with Gasteiger partial charge < -0.3 is 11.1 Å². The van der Waals surface area contributed by atoms with E-state index in [4.69, 9.17) is 5.73 Å². The molecule has 6 heteroatoms. The highest BCUT2D eigenvalue weighted by Gasteiger charge is 2.19. The van der Waals surface area contributed by atoms with E-state index in [0.717, 1.165) is 17.7 Å². The number of primary amides is 1. The Kier molecular flexibility index (Phi) is 6.39. The lowest BCUT2D eigenvalue weighted by atomic mass is 10.1. The van der Waals surface area contributed by atoms with E-state index in [0.29, 0.717) is 0 Å². The van der Waals surface area contributed by atoms with Crippen molar-refractivity contribution in [1.29, 1.82) is 0 Å². The Morgan fingerprint density at radius 3 is 2.28 bits per heavy atom. The molecule has 0 radical (unpaired) electrons. The lowest BCUT2D eigenvalue weighted by Crippen LogP contribution is -2.44. The lowest BCUT2D eigenvalue weighted by Gasteiger charge is -2.14. The van der Waals surface area contributed by atoms with Gasteiger partial charge in [-0.2, -0.15) is 0 Å². The van der Waals surface area contributed by atoms with E-state index in [9.17, 15) is 18.4 Å². The maximum absolute atomic E-state index is 13.6. The lowest BCUT2D eigenvalue weighted by molar-refractivity contribution is -0.126. The number of amides is 2. The number of benzene rings is 2. The Labute approximate surface area is 144 Å². The molecule has 0 aliphatic carbocycles. The third-order valence-corrected chi connectivity index (χ3v) is 3.56. The van der Waals surface area contributed by atoms with Gasteiger partial charge in [-0.05, 0) is 24.1 Å². The first kappa shape index (κ1) is 18.3. The number of hydrogen-bond acceptors (Lipinski definition) is 2. The quantitative estimate of drug-likeness (QED) is 0.810. The SMILES string of the molecule is NC(=O)[C@H](C/C=C/c1ccccc1)NC(=O)Cc1c(F)cccc1F. The average molecular weight is 344 g/mol. The highest BCUT2D eigenvalue weighted by Crippen LogP contribution is 2.13. The number of carbonyl (C=O) groups excluding carboxylic acids is 2. The summed E-state index contributed by atoms with van der Waals surface area (Å²) in [5.74, 6) is -3.02. The van der Waals surface area contributed by atoms with E-state index in [1.165, 1.54) is 6.07 Å². The minimum atomic E-state index is -0.956. The fourth-order valence-corrected chi connectivity index (χ4v) is 2.26. The van der Waals surface area contributed by atoms with Crippen molar-refractivity contribution in [2.45, 2.75) is 18.9 Å². The van der Waals surface area contributed by atoms with Crippen molar-refractivity contribution in [3.8, 4) is 0 Å². The smallest absolute Gasteiger partial charge is 0.240 e. The van der Waals surface area contributed by atoms with E-state index < -0.39 is 35.9 Å². The zero-order valence-electron chi connectivity index (χ0n) is 13.4. The van der Waals surface area contributed by atoms with Crippen LogP contribution in [0.25, 0.3) is 6.08 Å². The normalized spacial score (nSPS) is 12.1. The van der Waals surface area contributed by atoms with Crippen LogP contribution in [0, 0.1) is 11.6 Å². The molecule has 0 fully saturated rings. The molecule has 2 aromatic carbocycles. The third-order valence-electron chi connectivity index (χ3n) is 3.56. The van der Waals surface area contributed by atoms with Gasteiger partial charge in [0.2, 0.25) is 11.8 Å². The number of halogens is 2. The molecule has 0 spiro atoms. The molecule has 2 rings (SSSR count). The summed E-state index contributed by atoms with van der Waals surface area (Å²) in [4.78, 5) is 23.5. The van der Waals surface area contributed by atoms with Gasteiger partial charge >= 0.3 is 0 Å². The maximum Gasteiger partial charge on any atom is 0.240 e. The Balaban J connectivity index is 1.98. The summed E-state index contributed by atoms with van der Waals surface area (Å²) < 4.78 is 27.1. The molecule has 0 bridgehead atoms. The van der Waals surface area contributed by atoms with Crippen LogP contribution in [0.3, 0.4) is 0 Å². The molecule has 1 atom stereocenters. The number of nitrogens with one attached hydrogen (secondary N) is 1. The predicted octanol–water partition coefficient (Wildman–Crippen LogP) is 2.58. The van der Waals surface area contributed by atoms with Crippen LogP contribution in [0.4, 0.5) is 8.78 Å². The van der Waals surface area contributed by atoms with Crippen molar-refractivity contribution in [3.63, 3.8) is 0 Å². The minimum Gasteiger partial charge on any atom is -0.368 e.